The predicted octanol–water partition coefficient (Wildman–Crippen LogP) is 3.64. The Morgan fingerprint density at radius 1 is 0.774 bits per heavy atom. The van der Waals surface area contributed by atoms with E-state index < -0.39 is 29.4 Å². The van der Waals surface area contributed by atoms with Gasteiger partial charge in [0.25, 0.3) is 5.56 Å². The van der Waals surface area contributed by atoms with Crippen molar-refractivity contribution in [1.29, 1.82) is 0 Å². The molecular formula is C24H19F2N3O2. The fraction of sp³-hybridized carbons (Fsp3) is 0.125. The van der Waals surface area contributed by atoms with Crippen molar-refractivity contribution in [2.45, 2.75) is 19.5 Å². The van der Waals surface area contributed by atoms with Gasteiger partial charge in [-0.1, -0.05) is 66.7 Å². The molecule has 0 spiro atoms. The SMILES string of the molecule is O=c1c(-c2ccccc2)nn(Cc2c(F)cccc2F)c(=O)n1CCc1ccccc1. The summed E-state index contributed by atoms with van der Waals surface area (Å²) in [6, 6.07) is 21.6. The van der Waals surface area contributed by atoms with E-state index in [1.807, 2.05) is 30.3 Å². The van der Waals surface area contributed by atoms with Crippen LogP contribution in [0.15, 0.2) is 88.5 Å². The molecule has 5 nitrogen and oxygen atoms in total. The normalized spacial score (nSPS) is 10.9. The van der Waals surface area contributed by atoms with Gasteiger partial charge in [-0.3, -0.25) is 9.36 Å². The van der Waals surface area contributed by atoms with Gasteiger partial charge in [0.1, 0.15) is 11.6 Å². The monoisotopic (exact) mass is 419 g/mol. The molecule has 31 heavy (non-hydrogen) atoms. The highest BCUT2D eigenvalue weighted by atomic mass is 19.1. The third-order valence-corrected chi connectivity index (χ3v) is 5.00. The summed E-state index contributed by atoms with van der Waals surface area (Å²) in [4.78, 5) is 26.1. The first-order chi connectivity index (χ1) is 15.0. The lowest BCUT2D eigenvalue weighted by atomic mass is 10.1. The maximum absolute atomic E-state index is 14.2. The average molecular weight is 419 g/mol. The molecule has 0 aliphatic carbocycles. The molecule has 1 aromatic heterocycles. The molecule has 0 amide bonds. The zero-order valence-corrected chi connectivity index (χ0v) is 16.5. The van der Waals surface area contributed by atoms with Crippen molar-refractivity contribution in [2.24, 2.45) is 0 Å². The second-order valence-corrected chi connectivity index (χ2v) is 7.05. The fourth-order valence-corrected chi connectivity index (χ4v) is 3.36. The summed E-state index contributed by atoms with van der Waals surface area (Å²) >= 11 is 0. The Morgan fingerprint density at radius 2 is 1.39 bits per heavy atom. The summed E-state index contributed by atoms with van der Waals surface area (Å²) in [6.07, 6.45) is 0.447. The minimum atomic E-state index is -0.781. The van der Waals surface area contributed by atoms with Gasteiger partial charge in [0.15, 0.2) is 5.69 Å². The van der Waals surface area contributed by atoms with Gasteiger partial charge in [-0.05, 0) is 24.1 Å². The quantitative estimate of drug-likeness (QED) is 0.480. The molecule has 0 saturated heterocycles. The minimum Gasteiger partial charge on any atom is -0.267 e. The van der Waals surface area contributed by atoms with Crippen LogP contribution in [0.1, 0.15) is 11.1 Å². The summed E-state index contributed by atoms with van der Waals surface area (Å²) < 4.78 is 30.4. The number of rotatable bonds is 6. The van der Waals surface area contributed by atoms with Crippen LogP contribution in [0.5, 0.6) is 0 Å². The van der Waals surface area contributed by atoms with Gasteiger partial charge in [0, 0.05) is 17.7 Å². The van der Waals surface area contributed by atoms with Gasteiger partial charge in [-0.2, -0.15) is 5.10 Å². The molecule has 7 heteroatoms. The van der Waals surface area contributed by atoms with Crippen molar-refractivity contribution in [1.82, 2.24) is 14.3 Å². The summed E-state index contributed by atoms with van der Waals surface area (Å²) in [7, 11) is 0. The van der Waals surface area contributed by atoms with Crippen molar-refractivity contribution in [3.63, 3.8) is 0 Å². The number of halogens is 2. The maximum Gasteiger partial charge on any atom is 0.347 e. The maximum atomic E-state index is 14.2. The van der Waals surface area contributed by atoms with E-state index in [1.54, 1.807) is 30.3 Å². The number of aromatic nitrogens is 3. The first-order valence-corrected chi connectivity index (χ1v) is 9.79. The van der Waals surface area contributed by atoms with Crippen LogP contribution in [-0.2, 0) is 19.5 Å². The highest BCUT2D eigenvalue weighted by Crippen LogP contribution is 2.14. The third kappa shape index (κ3) is 4.35. The number of aryl methyl sites for hydroxylation is 1. The largest absolute Gasteiger partial charge is 0.347 e. The van der Waals surface area contributed by atoms with E-state index >= 15 is 0 Å². The van der Waals surface area contributed by atoms with Gasteiger partial charge in [0.2, 0.25) is 0 Å². The molecule has 0 atom stereocenters. The topological polar surface area (TPSA) is 56.9 Å². The van der Waals surface area contributed by atoms with Crippen molar-refractivity contribution in [3.05, 3.63) is 122 Å². The molecule has 0 saturated carbocycles. The number of benzene rings is 3. The standard InChI is InChI=1S/C24H19F2N3O2/c25-20-12-7-13-21(26)19(20)16-29-24(31)28(15-14-17-8-3-1-4-9-17)23(30)22(27-29)18-10-5-2-6-11-18/h1-13H,14-16H2. The fourth-order valence-electron chi connectivity index (χ4n) is 3.36. The Labute approximate surface area is 176 Å². The van der Waals surface area contributed by atoms with E-state index in [-0.39, 0.29) is 17.8 Å². The molecule has 0 unspecified atom stereocenters. The van der Waals surface area contributed by atoms with E-state index in [0.29, 0.717) is 12.0 Å². The number of hydrogen-bond acceptors (Lipinski definition) is 3. The molecule has 4 aromatic rings. The molecule has 156 valence electrons. The van der Waals surface area contributed by atoms with Crippen LogP contribution >= 0.6 is 0 Å². The van der Waals surface area contributed by atoms with E-state index in [1.165, 1.54) is 6.07 Å². The molecule has 0 N–H and O–H groups in total. The third-order valence-electron chi connectivity index (χ3n) is 5.00. The highest BCUT2D eigenvalue weighted by molar-refractivity contribution is 5.57. The van der Waals surface area contributed by atoms with Crippen LogP contribution in [0.25, 0.3) is 11.3 Å². The van der Waals surface area contributed by atoms with E-state index in [9.17, 15) is 18.4 Å². The lowest BCUT2D eigenvalue weighted by molar-refractivity contribution is 0.490. The van der Waals surface area contributed by atoms with Crippen LogP contribution < -0.4 is 11.2 Å². The van der Waals surface area contributed by atoms with Crippen LogP contribution in [0.2, 0.25) is 0 Å². The van der Waals surface area contributed by atoms with Crippen molar-refractivity contribution >= 4 is 0 Å². The molecule has 3 aromatic carbocycles. The molecular weight excluding hydrogens is 400 g/mol. The second-order valence-electron chi connectivity index (χ2n) is 7.05. The smallest absolute Gasteiger partial charge is 0.267 e. The molecule has 0 fully saturated rings. The molecule has 0 radical (unpaired) electrons. The van der Waals surface area contributed by atoms with Crippen LogP contribution in [0.3, 0.4) is 0 Å². The summed E-state index contributed by atoms with van der Waals surface area (Å²) in [5.41, 5.74) is -0.0303. The Bertz CT molecular complexity index is 1300. The molecule has 4 rings (SSSR count). The van der Waals surface area contributed by atoms with Crippen LogP contribution in [0.4, 0.5) is 8.78 Å². The summed E-state index contributed by atoms with van der Waals surface area (Å²) in [6.45, 7) is -0.313. The summed E-state index contributed by atoms with van der Waals surface area (Å²) in [5.74, 6) is -1.56. The molecule has 1 heterocycles. The van der Waals surface area contributed by atoms with E-state index in [2.05, 4.69) is 5.10 Å². The first-order valence-electron chi connectivity index (χ1n) is 9.79. The molecule has 0 aliphatic rings. The second kappa shape index (κ2) is 8.87. The average Bonchev–Trinajstić information content (AvgIpc) is 2.79. The molecule has 0 bridgehead atoms. The Hall–Kier alpha value is -3.87. The van der Waals surface area contributed by atoms with Gasteiger partial charge in [-0.15, -0.1) is 0 Å². The first kappa shape index (κ1) is 20.4. The zero-order chi connectivity index (χ0) is 21.8. The predicted molar refractivity (Wildman–Crippen MR) is 114 cm³/mol. The lowest BCUT2D eigenvalue weighted by Gasteiger charge is -2.13. The minimum absolute atomic E-state index is 0.0463. The van der Waals surface area contributed by atoms with Gasteiger partial charge in [0.05, 0.1) is 6.54 Å². The van der Waals surface area contributed by atoms with Crippen molar-refractivity contribution in [2.75, 3.05) is 0 Å². The Balaban J connectivity index is 1.82. The van der Waals surface area contributed by atoms with Gasteiger partial charge < -0.3 is 0 Å². The summed E-state index contributed by atoms with van der Waals surface area (Å²) in [5, 5.41) is 4.17. The lowest BCUT2D eigenvalue weighted by Crippen LogP contribution is -2.43. The van der Waals surface area contributed by atoms with Crippen molar-refractivity contribution in [3.8, 4) is 11.3 Å². The van der Waals surface area contributed by atoms with Gasteiger partial charge >= 0.3 is 5.69 Å². The van der Waals surface area contributed by atoms with Crippen molar-refractivity contribution < 1.29 is 8.78 Å². The highest BCUT2D eigenvalue weighted by Gasteiger charge is 2.17. The molecule has 0 aliphatic heterocycles. The van der Waals surface area contributed by atoms with Gasteiger partial charge in [-0.25, -0.2) is 18.3 Å². The number of nitrogens with zero attached hydrogens (tertiary/aromatic N) is 3. The van der Waals surface area contributed by atoms with E-state index in [4.69, 9.17) is 0 Å². The zero-order valence-electron chi connectivity index (χ0n) is 16.5. The van der Waals surface area contributed by atoms with Crippen LogP contribution in [-0.4, -0.2) is 14.3 Å². The van der Waals surface area contributed by atoms with Crippen LogP contribution in [0, 0.1) is 11.6 Å². The Kier molecular flexibility index (Phi) is 5.84. The Morgan fingerprint density at radius 3 is 2.03 bits per heavy atom. The van der Waals surface area contributed by atoms with E-state index in [0.717, 1.165) is 26.9 Å². The number of hydrogen-bond donors (Lipinski definition) is 0.